The molecule has 1 fully saturated rings. The van der Waals surface area contributed by atoms with Crippen LogP contribution in [0.3, 0.4) is 0 Å². The molecule has 1 saturated carbocycles. The lowest BCUT2D eigenvalue weighted by Crippen LogP contribution is -2.24. The molecule has 0 spiro atoms. The first-order valence-electron chi connectivity index (χ1n) is 6.80. The van der Waals surface area contributed by atoms with Gasteiger partial charge in [-0.3, -0.25) is 4.79 Å². The summed E-state index contributed by atoms with van der Waals surface area (Å²) in [6, 6.07) is 4.65. The molecule has 3 heteroatoms. The van der Waals surface area contributed by atoms with Gasteiger partial charge in [0.1, 0.15) is 0 Å². The van der Waals surface area contributed by atoms with Gasteiger partial charge in [-0.2, -0.15) is 0 Å². The fourth-order valence-corrected chi connectivity index (χ4v) is 3.04. The molecule has 3 nitrogen and oxygen atoms in total. The molecule has 1 aromatic carbocycles. The van der Waals surface area contributed by atoms with Crippen molar-refractivity contribution in [2.75, 3.05) is 14.1 Å². The Morgan fingerprint density at radius 3 is 2.26 bits per heavy atom. The molecule has 0 amide bonds. The van der Waals surface area contributed by atoms with Gasteiger partial charge in [-0.05, 0) is 69.5 Å². The summed E-state index contributed by atoms with van der Waals surface area (Å²) >= 11 is 0. The van der Waals surface area contributed by atoms with Crippen molar-refractivity contribution in [1.29, 1.82) is 0 Å². The summed E-state index contributed by atoms with van der Waals surface area (Å²) in [6.45, 7) is 6.36. The van der Waals surface area contributed by atoms with E-state index in [1.807, 2.05) is 14.1 Å². The van der Waals surface area contributed by atoms with Gasteiger partial charge in [0.15, 0.2) is 0 Å². The van der Waals surface area contributed by atoms with Crippen molar-refractivity contribution in [3.63, 3.8) is 0 Å². The Labute approximate surface area is 115 Å². The Hall–Kier alpha value is -1.35. The van der Waals surface area contributed by atoms with Crippen molar-refractivity contribution < 1.29 is 9.90 Å². The normalized spacial score (nSPS) is 23.5. The number of hydrogen-bond acceptors (Lipinski definition) is 2. The fourth-order valence-electron chi connectivity index (χ4n) is 3.04. The average Bonchev–Trinajstić information content (AvgIpc) is 3.05. The minimum Gasteiger partial charge on any atom is -0.481 e. The Balaban J connectivity index is 2.36. The van der Waals surface area contributed by atoms with E-state index in [-0.39, 0.29) is 17.9 Å². The monoisotopic (exact) mass is 261 g/mol. The second kappa shape index (κ2) is 4.97. The van der Waals surface area contributed by atoms with Crippen LogP contribution in [0.4, 0.5) is 0 Å². The highest BCUT2D eigenvalue weighted by atomic mass is 16.4. The maximum atomic E-state index is 11.1. The summed E-state index contributed by atoms with van der Waals surface area (Å²) < 4.78 is 0. The largest absolute Gasteiger partial charge is 0.481 e. The van der Waals surface area contributed by atoms with Gasteiger partial charge in [0, 0.05) is 6.04 Å². The molecule has 0 radical (unpaired) electrons. The van der Waals surface area contributed by atoms with Crippen molar-refractivity contribution in [2.24, 2.45) is 11.8 Å². The van der Waals surface area contributed by atoms with Crippen molar-refractivity contribution in [1.82, 2.24) is 4.90 Å². The predicted molar refractivity (Wildman–Crippen MR) is 76.3 cm³/mol. The molecule has 104 valence electrons. The molecule has 3 atom stereocenters. The molecule has 0 heterocycles. The van der Waals surface area contributed by atoms with E-state index in [0.717, 1.165) is 6.42 Å². The van der Waals surface area contributed by atoms with Gasteiger partial charge in [0.05, 0.1) is 5.92 Å². The highest BCUT2D eigenvalue weighted by molar-refractivity contribution is 5.73. The van der Waals surface area contributed by atoms with Crippen LogP contribution in [0, 0.1) is 32.6 Å². The lowest BCUT2D eigenvalue weighted by atomic mass is 9.92. The Morgan fingerprint density at radius 1 is 1.21 bits per heavy atom. The lowest BCUT2D eigenvalue weighted by molar-refractivity contribution is -0.139. The summed E-state index contributed by atoms with van der Waals surface area (Å²) in [6.07, 6.45) is 0.796. The van der Waals surface area contributed by atoms with Crippen LogP contribution >= 0.6 is 0 Å². The van der Waals surface area contributed by atoms with Gasteiger partial charge in [-0.25, -0.2) is 0 Å². The van der Waals surface area contributed by atoms with Crippen molar-refractivity contribution in [2.45, 2.75) is 33.2 Å². The molecular formula is C16H23NO2. The topological polar surface area (TPSA) is 40.5 Å². The third-order valence-electron chi connectivity index (χ3n) is 4.32. The quantitative estimate of drug-likeness (QED) is 0.906. The Kier molecular flexibility index (Phi) is 3.68. The minimum atomic E-state index is -0.654. The zero-order valence-corrected chi connectivity index (χ0v) is 12.4. The van der Waals surface area contributed by atoms with E-state index in [1.165, 1.54) is 22.3 Å². The number of aryl methyl sites for hydroxylation is 3. The first-order chi connectivity index (χ1) is 8.82. The number of nitrogens with zero attached hydrogens (tertiary/aromatic N) is 1. The molecule has 0 aliphatic heterocycles. The smallest absolute Gasteiger partial charge is 0.306 e. The van der Waals surface area contributed by atoms with Gasteiger partial charge >= 0.3 is 5.97 Å². The van der Waals surface area contributed by atoms with Crippen LogP contribution in [0.25, 0.3) is 0 Å². The summed E-state index contributed by atoms with van der Waals surface area (Å²) in [5, 5.41) is 9.15. The number of aliphatic carboxylic acids is 1. The number of carboxylic acids is 1. The molecule has 19 heavy (non-hydrogen) atoms. The summed E-state index contributed by atoms with van der Waals surface area (Å²) in [5.74, 6) is -0.583. The maximum Gasteiger partial charge on any atom is 0.306 e. The molecule has 1 aliphatic carbocycles. The van der Waals surface area contributed by atoms with Gasteiger partial charge < -0.3 is 10.0 Å². The molecule has 2 rings (SSSR count). The third kappa shape index (κ3) is 2.66. The molecule has 0 saturated heterocycles. The summed E-state index contributed by atoms with van der Waals surface area (Å²) in [7, 11) is 4.08. The Bertz CT molecular complexity index is 508. The van der Waals surface area contributed by atoms with E-state index in [2.05, 4.69) is 37.8 Å². The van der Waals surface area contributed by atoms with E-state index in [9.17, 15) is 4.79 Å². The number of carboxylic acid groups (broad SMARTS) is 1. The van der Waals surface area contributed by atoms with Gasteiger partial charge in [0.2, 0.25) is 0 Å². The second-order valence-electron chi connectivity index (χ2n) is 6.05. The number of rotatable bonds is 4. The van der Waals surface area contributed by atoms with E-state index in [1.54, 1.807) is 0 Å². The molecule has 0 aromatic heterocycles. The van der Waals surface area contributed by atoms with Crippen molar-refractivity contribution in [3.05, 3.63) is 34.4 Å². The summed E-state index contributed by atoms with van der Waals surface area (Å²) in [4.78, 5) is 13.3. The van der Waals surface area contributed by atoms with Crippen LogP contribution in [0.5, 0.6) is 0 Å². The molecule has 1 aliphatic rings. The highest BCUT2D eigenvalue weighted by Gasteiger charge is 2.49. The zero-order valence-electron chi connectivity index (χ0n) is 12.4. The zero-order chi connectivity index (χ0) is 14.3. The molecule has 3 unspecified atom stereocenters. The van der Waals surface area contributed by atoms with E-state index >= 15 is 0 Å². The minimum absolute atomic E-state index is 0.173. The first-order valence-corrected chi connectivity index (χ1v) is 6.80. The highest BCUT2D eigenvalue weighted by Crippen LogP contribution is 2.50. The van der Waals surface area contributed by atoms with Crippen LogP contribution in [-0.2, 0) is 4.79 Å². The van der Waals surface area contributed by atoms with Crippen molar-refractivity contribution in [3.8, 4) is 0 Å². The SMILES string of the molecule is Cc1cc(C)c(C(C2CC2C(=O)O)N(C)C)cc1C. The van der Waals surface area contributed by atoms with Gasteiger partial charge in [0.25, 0.3) is 0 Å². The van der Waals surface area contributed by atoms with Crippen LogP contribution in [0.15, 0.2) is 12.1 Å². The Morgan fingerprint density at radius 2 is 1.79 bits per heavy atom. The number of carbonyl (C=O) groups is 1. The molecule has 1 N–H and O–H groups in total. The van der Waals surface area contributed by atoms with E-state index < -0.39 is 5.97 Å². The standard InChI is InChI=1S/C16H23NO2/c1-9-6-11(3)12(7-10(9)2)15(17(4)5)13-8-14(13)16(18)19/h6-7,13-15H,8H2,1-5H3,(H,18,19). The lowest BCUT2D eigenvalue weighted by Gasteiger charge is -2.27. The molecule has 0 bridgehead atoms. The summed E-state index contributed by atoms with van der Waals surface area (Å²) in [5.41, 5.74) is 5.11. The van der Waals surface area contributed by atoms with Crippen molar-refractivity contribution >= 4 is 5.97 Å². The number of hydrogen-bond donors (Lipinski definition) is 1. The average molecular weight is 261 g/mol. The second-order valence-corrected chi connectivity index (χ2v) is 6.05. The van der Waals surface area contributed by atoms with Crippen LogP contribution in [-0.4, -0.2) is 30.1 Å². The van der Waals surface area contributed by atoms with Crippen LogP contribution in [0.2, 0.25) is 0 Å². The molecule has 1 aromatic rings. The first kappa shape index (κ1) is 14.1. The van der Waals surface area contributed by atoms with E-state index in [4.69, 9.17) is 5.11 Å². The number of benzene rings is 1. The van der Waals surface area contributed by atoms with E-state index in [0.29, 0.717) is 0 Å². The predicted octanol–water partition coefficient (Wildman–Crippen LogP) is 2.94. The third-order valence-corrected chi connectivity index (χ3v) is 4.32. The fraction of sp³-hybridized carbons (Fsp3) is 0.562. The molecular weight excluding hydrogens is 238 g/mol. The van der Waals surface area contributed by atoms with Gasteiger partial charge in [-0.15, -0.1) is 0 Å². The van der Waals surface area contributed by atoms with Crippen LogP contribution < -0.4 is 0 Å². The van der Waals surface area contributed by atoms with Crippen LogP contribution in [0.1, 0.15) is 34.7 Å². The maximum absolute atomic E-state index is 11.1. The van der Waals surface area contributed by atoms with Gasteiger partial charge in [-0.1, -0.05) is 12.1 Å².